The maximum absolute atomic E-state index is 12.3. The van der Waals surface area contributed by atoms with Gasteiger partial charge in [-0.25, -0.2) is 8.42 Å². The van der Waals surface area contributed by atoms with Gasteiger partial charge in [-0.1, -0.05) is 23.2 Å². The molecule has 0 atom stereocenters. The lowest BCUT2D eigenvalue weighted by Crippen LogP contribution is -2.41. The van der Waals surface area contributed by atoms with Gasteiger partial charge in [0, 0.05) is 29.4 Å². The number of hydrazine groups is 1. The maximum Gasteiger partial charge on any atom is 0.266 e. The van der Waals surface area contributed by atoms with E-state index in [-0.39, 0.29) is 14.9 Å². The SMILES string of the molecule is CCN(CC)c1ccc(C(=O)NNS(=O)(=O)c2cc(Cl)ccc2Cl)cc1. The zero-order valence-electron chi connectivity index (χ0n) is 14.3. The summed E-state index contributed by atoms with van der Waals surface area (Å²) in [5.74, 6) is -0.585. The number of carbonyl (C=O) groups excluding carboxylic acids is 1. The minimum Gasteiger partial charge on any atom is -0.372 e. The molecule has 2 N–H and O–H groups in total. The Morgan fingerprint density at radius 2 is 1.65 bits per heavy atom. The van der Waals surface area contributed by atoms with Crippen LogP contribution in [0.25, 0.3) is 0 Å². The van der Waals surface area contributed by atoms with E-state index in [2.05, 4.69) is 10.3 Å². The molecule has 0 saturated heterocycles. The third-order valence-corrected chi connectivity index (χ3v) is 5.70. The van der Waals surface area contributed by atoms with Crippen LogP contribution in [0.1, 0.15) is 24.2 Å². The second kappa shape index (κ2) is 8.73. The molecule has 0 aliphatic carbocycles. The molecule has 1 amide bonds. The Bertz CT molecular complexity index is 883. The monoisotopic (exact) mass is 415 g/mol. The van der Waals surface area contributed by atoms with Crippen molar-refractivity contribution in [2.45, 2.75) is 18.7 Å². The summed E-state index contributed by atoms with van der Waals surface area (Å²) in [5, 5.41) is 0.216. The van der Waals surface area contributed by atoms with E-state index in [1.807, 2.05) is 30.8 Å². The first-order chi connectivity index (χ1) is 12.3. The minimum atomic E-state index is -4.05. The lowest BCUT2D eigenvalue weighted by atomic mass is 10.2. The highest BCUT2D eigenvalue weighted by molar-refractivity contribution is 7.89. The van der Waals surface area contributed by atoms with Crippen LogP contribution in [0.3, 0.4) is 0 Å². The highest BCUT2D eigenvalue weighted by Gasteiger charge is 2.19. The number of halogens is 2. The average Bonchev–Trinajstić information content (AvgIpc) is 2.63. The lowest BCUT2D eigenvalue weighted by molar-refractivity contribution is 0.0945. The van der Waals surface area contributed by atoms with E-state index >= 15 is 0 Å². The maximum atomic E-state index is 12.3. The molecular formula is C17H19Cl2N3O3S. The van der Waals surface area contributed by atoms with Gasteiger partial charge in [-0.3, -0.25) is 10.2 Å². The van der Waals surface area contributed by atoms with Crippen LogP contribution < -0.4 is 15.2 Å². The predicted molar refractivity (Wildman–Crippen MR) is 104 cm³/mol. The van der Waals surface area contributed by atoms with E-state index < -0.39 is 15.9 Å². The largest absolute Gasteiger partial charge is 0.372 e. The summed E-state index contributed by atoms with van der Waals surface area (Å²) in [6.07, 6.45) is 0. The summed E-state index contributed by atoms with van der Waals surface area (Å²) < 4.78 is 24.6. The quantitative estimate of drug-likeness (QED) is 0.678. The van der Waals surface area contributed by atoms with Crippen LogP contribution in [0.2, 0.25) is 10.0 Å². The van der Waals surface area contributed by atoms with Crippen LogP contribution in [0.15, 0.2) is 47.4 Å². The first kappa shape index (κ1) is 20.5. The predicted octanol–water partition coefficient (Wildman–Crippen LogP) is 3.46. The van der Waals surface area contributed by atoms with Crippen molar-refractivity contribution in [3.8, 4) is 0 Å². The summed E-state index contributed by atoms with van der Waals surface area (Å²) in [5.41, 5.74) is 3.47. The number of hydrogen-bond acceptors (Lipinski definition) is 4. The number of sulfonamides is 1. The van der Waals surface area contributed by atoms with E-state index in [1.165, 1.54) is 18.2 Å². The molecule has 0 heterocycles. The van der Waals surface area contributed by atoms with Gasteiger partial charge in [0.25, 0.3) is 15.9 Å². The number of anilines is 1. The van der Waals surface area contributed by atoms with E-state index in [9.17, 15) is 13.2 Å². The molecule has 26 heavy (non-hydrogen) atoms. The number of nitrogens with zero attached hydrogens (tertiary/aromatic N) is 1. The van der Waals surface area contributed by atoms with Crippen molar-refractivity contribution in [3.05, 3.63) is 58.1 Å². The molecule has 0 unspecified atom stereocenters. The van der Waals surface area contributed by atoms with Gasteiger partial charge in [0.2, 0.25) is 0 Å². The van der Waals surface area contributed by atoms with Crippen LogP contribution in [-0.4, -0.2) is 27.4 Å². The van der Waals surface area contributed by atoms with Crippen molar-refractivity contribution in [2.24, 2.45) is 0 Å². The second-order valence-electron chi connectivity index (χ2n) is 5.35. The molecule has 2 aromatic rings. The fourth-order valence-corrected chi connectivity index (χ4v) is 3.94. The highest BCUT2D eigenvalue weighted by atomic mass is 35.5. The molecule has 0 spiro atoms. The van der Waals surface area contributed by atoms with Gasteiger partial charge in [-0.15, -0.1) is 4.83 Å². The molecule has 0 bridgehead atoms. The Morgan fingerprint density at radius 3 is 2.23 bits per heavy atom. The third kappa shape index (κ3) is 4.88. The van der Waals surface area contributed by atoms with E-state index in [1.54, 1.807) is 12.1 Å². The van der Waals surface area contributed by atoms with Crippen molar-refractivity contribution in [3.63, 3.8) is 0 Å². The molecule has 0 radical (unpaired) electrons. The molecule has 2 aromatic carbocycles. The molecule has 0 aliphatic rings. The summed E-state index contributed by atoms with van der Waals surface area (Å²) in [6.45, 7) is 5.78. The number of carbonyl (C=O) groups is 1. The number of hydrogen-bond donors (Lipinski definition) is 2. The standard InChI is InChI=1S/C17H19Cl2N3O3S/c1-3-22(4-2)14-8-5-12(6-9-14)17(23)20-21-26(24,25)16-11-13(18)7-10-15(16)19/h5-11,21H,3-4H2,1-2H3,(H,20,23). The van der Waals surface area contributed by atoms with Crippen LogP contribution >= 0.6 is 23.2 Å². The molecule has 0 saturated carbocycles. The van der Waals surface area contributed by atoms with E-state index in [0.29, 0.717) is 5.56 Å². The van der Waals surface area contributed by atoms with Crippen molar-refractivity contribution < 1.29 is 13.2 Å². The van der Waals surface area contributed by atoms with Crippen LogP contribution in [0.4, 0.5) is 5.69 Å². The fraction of sp³-hybridized carbons (Fsp3) is 0.235. The zero-order chi connectivity index (χ0) is 19.3. The Morgan fingerprint density at radius 1 is 1.04 bits per heavy atom. The highest BCUT2D eigenvalue weighted by Crippen LogP contribution is 2.24. The van der Waals surface area contributed by atoms with Gasteiger partial charge in [-0.05, 0) is 56.3 Å². The van der Waals surface area contributed by atoms with Crippen LogP contribution in [-0.2, 0) is 10.0 Å². The molecule has 0 fully saturated rings. The molecule has 0 aliphatic heterocycles. The Hall–Kier alpha value is -1.80. The van der Waals surface area contributed by atoms with Crippen LogP contribution in [0, 0.1) is 0 Å². The Kier molecular flexibility index (Phi) is 6.88. The van der Waals surface area contributed by atoms with Crippen molar-refractivity contribution >= 4 is 44.8 Å². The second-order valence-corrected chi connectivity index (χ2v) is 7.85. The average molecular weight is 416 g/mol. The van der Waals surface area contributed by atoms with Crippen molar-refractivity contribution in [2.75, 3.05) is 18.0 Å². The van der Waals surface area contributed by atoms with Gasteiger partial charge in [-0.2, -0.15) is 0 Å². The summed E-state index contributed by atoms with van der Waals surface area (Å²) in [6, 6.07) is 10.9. The molecular weight excluding hydrogens is 397 g/mol. The lowest BCUT2D eigenvalue weighted by Gasteiger charge is -2.21. The number of benzene rings is 2. The van der Waals surface area contributed by atoms with Gasteiger partial charge >= 0.3 is 0 Å². The smallest absolute Gasteiger partial charge is 0.266 e. The fourth-order valence-electron chi connectivity index (χ4n) is 2.34. The van der Waals surface area contributed by atoms with Crippen molar-refractivity contribution in [1.29, 1.82) is 0 Å². The number of amides is 1. The van der Waals surface area contributed by atoms with Crippen molar-refractivity contribution in [1.82, 2.24) is 10.3 Å². The molecule has 0 aromatic heterocycles. The van der Waals surface area contributed by atoms with Gasteiger partial charge < -0.3 is 4.90 Å². The number of rotatable bonds is 7. The number of nitrogens with one attached hydrogen (secondary N) is 2. The van der Waals surface area contributed by atoms with Gasteiger partial charge in [0.1, 0.15) is 4.90 Å². The van der Waals surface area contributed by atoms with E-state index in [0.717, 1.165) is 18.8 Å². The topological polar surface area (TPSA) is 78.5 Å². The molecule has 9 heteroatoms. The molecule has 140 valence electrons. The zero-order valence-corrected chi connectivity index (χ0v) is 16.6. The Labute approximate surface area is 163 Å². The third-order valence-electron chi connectivity index (χ3n) is 3.74. The summed E-state index contributed by atoms with van der Waals surface area (Å²) in [4.78, 5) is 16.1. The summed E-state index contributed by atoms with van der Waals surface area (Å²) in [7, 11) is -4.05. The minimum absolute atomic E-state index is 0.000255. The molecule has 2 rings (SSSR count). The Balaban J connectivity index is 2.09. The first-order valence-corrected chi connectivity index (χ1v) is 10.1. The van der Waals surface area contributed by atoms with E-state index in [4.69, 9.17) is 23.2 Å². The first-order valence-electron chi connectivity index (χ1n) is 7.90. The summed E-state index contributed by atoms with van der Waals surface area (Å²) >= 11 is 11.7. The van der Waals surface area contributed by atoms with Crippen LogP contribution in [0.5, 0.6) is 0 Å². The normalized spacial score (nSPS) is 11.2. The van der Waals surface area contributed by atoms with Gasteiger partial charge in [0.15, 0.2) is 0 Å². The molecule has 6 nitrogen and oxygen atoms in total. The van der Waals surface area contributed by atoms with Gasteiger partial charge in [0.05, 0.1) is 5.02 Å².